The number of hydrogen-bond donors (Lipinski definition) is 3. The molecule has 0 bridgehead atoms. The van der Waals surface area contributed by atoms with Gasteiger partial charge in [0.25, 0.3) is 5.13 Å². The summed E-state index contributed by atoms with van der Waals surface area (Å²) in [5, 5.41) is 80.8. The number of para-hydroxylation sites is 2. The Morgan fingerprint density at radius 3 is 2.34 bits per heavy atom. The third-order valence-electron chi connectivity index (χ3n) is 8.40. The first-order chi connectivity index (χ1) is 28.3. The first kappa shape index (κ1) is 39.9. The van der Waals surface area contributed by atoms with Crippen LogP contribution in [0.1, 0.15) is 11.1 Å². The second-order valence-corrected chi connectivity index (χ2v) is 14.8. The lowest BCUT2D eigenvalue weighted by Gasteiger charge is -2.11. The molecule has 0 amide bonds. The molecule has 3 heterocycles. The molecule has 3 aromatic heterocycles. The fourth-order valence-electron chi connectivity index (χ4n) is 5.67. The summed E-state index contributed by atoms with van der Waals surface area (Å²) in [7, 11) is 4.51. The Morgan fingerprint density at radius 1 is 0.879 bits per heavy atom. The SMILES string of the molecule is COCCSc1nnc(N=Nc2cc(OC)c(N=Nc3c(SOOO)cc4ccc(N=Nc5c(C)c(C#N)c6nc7ccccc7n6c5O)cc4c3O)cc2OC)s1. The van der Waals surface area contributed by atoms with Crippen molar-refractivity contribution in [2.24, 2.45) is 30.7 Å². The number of azo groups is 3. The lowest BCUT2D eigenvalue weighted by molar-refractivity contribution is -0.432. The monoisotopic (exact) mass is 839 g/mol. The molecule has 0 aliphatic rings. The Balaban J connectivity index is 1.23. The van der Waals surface area contributed by atoms with Crippen molar-refractivity contribution in [3.63, 3.8) is 0 Å². The van der Waals surface area contributed by atoms with E-state index in [9.17, 15) is 15.5 Å². The highest BCUT2D eigenvalue weighted by molar-refractivity contribution is 8.01. The van der Waals surface area contributed by atoms with Crippen molar-refractivity contribution >= 4 is 96.2 Å². The summed E-state index contributed by atoms with van der Waals surface area (Å²) in [4.78, 5) is 4.75. The molecular formula is C36H29N11O8S3. The van der Waals surface area contributed by atoms with Gasteiger partial charge in [0.15, 0.2) is 21.4 Å². The predicted molar refractivity (Wildman–Crippen MR) is 215 cm³/mol. The largest absolute Gasteiger partial charge is 0.505 e. The second-order valence-electron chi connectivity index (χ2n) is 11.7. The van der Waals surface area contributed by atoms with Gasteiger partial charge >= 0.3 is 0 Å². The Kier molecular flexibility index (Phi) is 12.3. The van der Waals surface area contributed by atoms with Gasteiger partial charge in [-0.3, -0.25) is 4.40 Å². The normalized spacial score (nSPS) is 11.9. The lowest BCUT2D eigenvalue weighted by atomic mass is 10.1. The van der Waals surface area contributed by atoms with E-state index < -0.39 is 0 Å². The van der Waals surface area contributed by atoms with Crippen LogP contribution in [-0.2, 0) is 14.1 Å². The standard InChI is InChI=1S/C36H29N11O8S3/c1-18-22(17-37)33-38-23-7-5-6-8-26(23)47(33)34(49)30(18)42-39-20-10-9-19-13-29(58-55-54-50)31(32(48)21(19)14-20)43-40-24-15-28(53-4)25(16-27(24)52-3)41-44-35-45-46-36(57-35)56-12-11-51-2/h5-10,13-16,48-50H,11-12H2,1-4H3. The minimum atomic E-state index is -0.326. The molecular weight excluding hydrogens is 811 g/mol. The number of pyridine rings is 1. The molecule has 0 saturated heterocycles. The average Bonchev–Trinajstić information content (AvgIpc) is 3.86. The van der Waals surface area contributed by atoms with Gasteiger partial charge in [0.05, 0.1) is 54.5 Å². The maximum atomic E-state index is 11.6. The van der Waals surface area contributed by atoms with Crippen LogP contribution in [0.5, 0.6) is 23.1 Å². The van der Waals surface area contributed by atoms with E-state index in [0.29, 0.717) is 68.2 Å². The molecule has 7 rings (SSSR count). The van der Waals surface area contributed by atoms with Crippen molar-refractivity contribution in [1.29, 1.82) is 5.26 Å². The highest BCUT2D eigenvalue weighted by atomic mass is 32.2. The zero-order chi connectivity index (χ0) is 40.8. The Hall–Kier alpha value is -6.32. The number of nitrogens with zero attached hydrogens (tertiary/aromatic N) is 11. The molecule has 19 nitrogen and oxygen atoms in total. The molecule has 4 aromatic carbocycles. The average molecular weight is 840 g/mol. The molecule has 0 spiro atoms. The third-order valence-corrected chi connectivity index (χ3v) is 10.9. The fourth-order valence-corrected chi connectivity index (χ4v) is 7.80. The summed E-state index contributed by atoms with van der Waals surface area (Å²) in [6, 6.07) is 18.9. The van der Waals surface area contributed by atoms with Crippen molar-refractivity contribution in [2.45, 2.75) is 16.2 Å². The Labute approximate surface area is 340 Å². The van der Waals surface area contributed by atoms with Gasteiger partial charge in [-0.05, 0) is 42.6 Å². The highest BCUT2D eigenvalue weighted by Crippen LogP contribution is 2.47. The van der Waals surface area contributed by atoms with E-state index in [4.69, 9.17) is 23.8 Å². The van der Waals surface area contributed by atoms with Crippen LogP contribution in [0, 0.1) is 18.3 Å². The number of phenolic OH excluding ortho intramolecular Hbond substituents is 1. The van der Waals surface area contributed by atoms with E-state index in [2.05, 4.69) is 57.0 Å². The summed E-state index contributed by atoms with van der Waals surface area (Å²) >= 11 is 3.34. The second kappa shape index (κ2) is 17.9. The van der Waals surface area contributed by atoms with Gasteiger partial charge in [-0.2, -0.15) is 10.4 Å². The molecule has 0 radical (unpaired) electrons. The molecule has 0 aliphatic carbocycles. The molecule has 58 heavy (non-hydrogen) atoms. The number of aromatic nitrogens is 4. The van der Waals surface area contributed by atoms with Gasteiger partial charge in [-0.1, -0.05) is 46.3 Å². The molecule has 0 saturated carbocycles. The summed E-state index contributed by atoms with van der Waals surface area (Å²) in [5.41, 5.74) is 2.91. The Bertz CT molecular complexity index is 2800. The van der Waals surface area contributed by atoms with Crippen molar-refractivity contribution in [3.05, 3.63) is 71.8 Å². The lowest BCUT2D eigenvalue weighted by Crippen LogP contribution is -1.95. The number of ether oxygens (including phenoxy) is 3. The molecule has 0 fully saturated rings. The van der Waals surface area contributed by atoms with Crippen LogP contribution in [-0.4, -0.2) is 68.7 Å². The molecule has 0 aliphatic heterocycles. The van der Waals surface area contributed by atoms with Crippen LogP contribution in [0.2, 0.25) is 0 Å². The first-order valence-electron chi connectivity index (χ1n) is 16.7. The van der Waals surface area contributed by atoms with Crippen LogP contribution in [0.25, 0.3) is 27.5 Å². The smallest absolute Gasteiger partial charge is 0.252 e. The van der Waals surface area contributed by atoms with Crippen molar-refractivity contribution < 1.29 is 39.1 Å². The third kappa shape index (κ3) is 8.08. The van der Waals surface area contributed by atoms with E-state index in [1.54, 1.807) is 62.6 Å². The van der Waals surface area contributed by atoms with Gasteiger partial charge in [-0.15, -0.1) is 40.1 Å². The zero-order valence-electron chi connectivity index (χ0n) is 30.7. The first-order valence-corrected chi connectivity index (χ1v) is 19.3. The van der Waals surface area contributed by atoms with Gasteiger partial charge in [-0.25, -0.2) is 10.2 Å². The summed E-state index contributed by atoms with van der Waals surface area (Å²) < 4.78 is 23.1. The Morgan fingerprint density at radius 2 is 1.62 bits per heavy atom. The number of thioether (sulfide) groups is 1. The molecule has 0 atom stereocenters. The number of nitriles is 1. The van der Waals surface area contributed by atoms with Crippen LogP contribution in [0.15, 0.2) is 101 Å². The molecule has 294 valence electrons. The maximum Gasteiger partial charge on any atom is 0.252 e. The quantitative estimate of drug-likeness (QED) is 0.0217. The minimum absolute atomic E-state index is 0.0616. The van der Waals surface area contributed by atoms with E-state index in [-0.39, 0.29) is 50.6 Å². The number of fused-ring (bicyclic) bond motifs is 4. The number of hydrogen-bond acceptors (Lipinski definition) is 21. The number of aromatic hydroxyl groups is 2. The summed E-state index contributed by atoms with van der Waals surface area (Å²) in [6.07, 6.45) is 0. The zero-order valence-corrected chi connectivity index (χ0v) is 33.2. The van der Waals surface area contributed by atoms with E-state index in [0.717, 1.165) is 10.1 Å². The van der Waals surface area contributed by atoms with Gasteiger partial charge < -0.3 is 24.4 Å². The van der Waals surface area contributed by atoms with E-state index in [1.165, 1.54) is 47.8 Å². The van der Waals surface area contributed by atoms with Gasteiger partial charge in [0, 0.05) is 35.9 Å². The van der Waals surface area contributed by atoms with E-state index in [1.807, 2.05) is 6.07 Å². The number of benzene rings is 4. The number of methoxy groups -OCH3 is 3. The minimum Gasteiger partial charge on any atom is -0.505 e. The van der Waals surface area contributed by atoms with Crippen LogP contribution >= 0.6 is 35.1 Å². The van der Waals surface area contributed by atoms with Crippen LogP contribution in [0.4, 0.5) is 33.6 Å². The summed E-state index contributed by atoms with van der Waals surface area (Å²) in [5.74, 6) is 0.679. The molecule has 22 heteroatoms. The molecule has 0 unspecified atom stereocenters. The predicted octanol–water partition coefficient (Wildman–Crippen LogP) is 10.5. The van der Waals surface area contributed by atoms with Gasteiger partial charge in [0.2, 0.25) is 5.88 Å². The van der Waals surface area contributed by atoms with Crippen molar-refractivity contribution in [1.82, 2.24) is 19.6 Å². The highest BCUT2D eigenvalue weighted by Gasteiger charge is 2.21. The van der Waals surface area contributed by atoms with Gasteiger partial charge in [0.1, 0.15) is 40.2 Å². The number of imidazole rings is 1. The van der Waals surface area contributed by atoms with Crippen LogP contribution in [0.3, 0.4) is 0 Å². The number of phenols is 1. The van der Waals surface area contributed by atoms with Crippen molar-refractivity contribution in [2.75, 3.05) is 33.7 Å². The van der Waals surface area contributed by atoms with E-state index >= 15 is 0 Å². The topological polar surface area (TPSA) is 248 Å². The van der Waals surface area contributed by atoms with Crippen molar-refractivity contribution in [3.8, 4) is 29.2 Å². The molecule has 7 aromatic rings. The maximum absolute atomic E-state index is 11.6. The molecule has 3 N–H and O–H groups in total. The van der Waals surface area contributed by atoms with Crippen LogP contribution < -0.4 is 9.47 Å². The fraction of sp³-hybridized carbons (Fsp3) is 0.167. The summed E-state index contributed by atoms with van der Waals surface area (Å²) in [6.45, 7) is 2.22. The number of rotatable bonds is 15.